The first-order valence-corrected chi connectivity index (χ1v) is 6.46. The molecule has 17 heavy (non-hydrogen) atoms. The van der Waals surface area contributed by atoms with E-state index in [0.717, 1.165) is 23.7 Å². The average Bonchev–Trinajstić information content (AvgIpc) is 2.39. The first-order valence-electron chi connectivity index (χ1n) is 6.08. The van der Waals surface area contributed by atoms with E-state index >= 15 is 0 Å². The number of benzene rings is 1. The number of ether oxygens (including phenoxy) is 1. The Morgan fingerprint density at radius 2 is 2.18 bits per heavy atom. The van der Waals surface area contributed by atoms with Crippen molar-refractivity contribution >= 4 is 11.6 Å². The highest BCUT2D eigenvalue weighted by Crippen LogP contribution is 2.29. The van der Waals surface area contributed by atoms with Crippen LogP contribution in [0.2, 0.25) is 5.02 Å². The standard InChI is InChI=1S/C14H20ClNO/c1-10-13(11-5-4-6-12(15)7-11)17-9-14(2,3)8-16-10/h4-7,10,13,16H,8-9H2,1-3H3. The van der Waals surface area contributed by atoms with Gasteiger partial charge in [-0.05, 0) is 24.6 Å². The second kappa shape index (κ2) is 4.97. The van der Waals surface area contributed by atoms with Crippen molar-refractivity contribution in [2.45, 2.75) is 32.9 Å². The third-order valence-electron chi connectivity index (χ3n) is 3.19. The Morgan fingerprint density at radius 1 is 1.41 bits per heavy atom. The topological polar surface area (TPSA) is 21.3 Å². The van der Waals surface area contributed by atoms with Crippen LogP contribution in [0.4, 0.5) is 0 Å². The lowest BCUT2D eigenvalue weighted by atomic mass is 9.95. The van der Waals surface area contributed by atoms with Crippen LogP contribution in [-0.4, -0.2) is 19.2 Å². The van der Waals surface area contributed by atoms with Gasteiger partial charge in [0.25, 0.3) is 0 Å². The Bertz CT molecular complexity index is 392. The van der Waals surface area contributed by atoms with Gasteiger partial charge in [-0.15, -0.1) is 0 Å². The summed E-state index contributed by atoms with van der Waals surface area (Å²) in [7, 11) is 0. The zero-order valence-corrected chi connectivity index (χ0v) is 11.4. The molecule has 0 bridgehead atoms. The zero-order valence-electron chi connectivity index (χ0n) is 10.7. The van der Waals surface area contributed by atoms with Crippen LogP contribution in [0.1, 0.15) is 32.4 Å². The summed E-state index contributed by atoms with van der Waals surface area (Å²) in [5.74, 6) is 0. The van der Waals surface area contributed by atoms with Gasteiger partial charge in [0.15, 0.2) is 0 Å². The summed E-state index contributed by atoms with van der Waals surface area (Å²) in [6.45, 7) is 8.33. The molecule has 0 radical (unpaired) electrons. The Balaban J connectivity index is 2.20. The lowest BCUT2D eigenvalue weighted by molar-refractivity contribution is 0.0127. The van der Waals surface area contributed by atoms with Crippen LogP contribution in [0.5, 0.6) is 0 Å². The smallest absolute Gasteiger partial charge is 0.0975 e. The Kier molecular flexibility index (Phi) is 3.76. The first kappa shape index (κ1) is 12.9. The number of halogens is 1. The molecule has 3 heteroatoms. The van der Waals surface area contributed by atoms with Gasteiger partial charge in [0, 0.05) is 23.0 Å². The lowest BCUT2D eigenvalue weighted by Crippen LogP contribution is -2.35. The minimum absolute atomic E-state index is 0.0791. The lowest BCUT2D eigenvalue weighted by Gasteiger charge is -2.23. The number of rotatable bonds is 1. The van der Waals surface area contributed by atoms with Crippen LogP contribution in [0.25, 0.3) is 0 Å². The molecule has 2 unspecified atom stereocenters. The van der Waals surface area contributed by atoms with Crippen molar-refractivity contribution in [2.24, 2.45) is 5.41 Å². The second-order valence-electron chi connectivity index (χ2n) is 5.62. The van der Waals surface area contributed by atoms with E-state index in [4.69, 9.17) is 16.3 Å². The van der Waals surface area contributed by atoms with E-state index in [9.17, 15) is 0 Å². The van der Waals surface area contributed by atoms with Crippen molar-refractivity contribution in [3.63, 3.8) is 0 Å². The monoisotopic (exact) mass is 253 g/mol. The van der Waals surface area contributed by atoms with Gasteiger partial charge in [-0.3, -0.25) is 0 Å². The molecule has 0 amide bonds. The van der Waals surface area contributed by atoms with Crippen LogP contribution < -0.4 is 5.32 Å². The van der Waals surface area contributed by atoms with Crippen molar-refractivity contribution in [3.05, 3.63) is 34.9 Å². The molecule has 1 heterocycles. The Labute approximate surface area is 108 Å². The molecule has 0 spiro atoms. The van der Waals surface area contributed by atoms with Gasteiger partial charge in [0.2, 0.25) is 0 Å². The van der Waals surface area contributed by atoms with E-state index in [1.807, 2.05) is 18.2 Å². The maximum absolute atomic E-state index is 6.05. The summed E-state index contributed by atoms with van der Waals surface area (Å²) in [6, 6.07) is 8.24. The summed E-state index contributed by atoms with van der Waals surface area (Å²) < 4.78 is 6.05. The van der Waals surface area contributed by atoms with E-state index in [-0.39, 0.29) is 11.5 Å². The normalized spacial score (nSPS) is 28.7. The fourth-order valence-corrected chi connectivity index (χ4v) is 2.32. The molecule has 1 aromatic carbocycles. The molecule has 94 valence electrons. The molecule has 1 aromatic rings. The molecule has 1 saturated heterocycles. The molecular weight excluding hydrogens is 234 g/mol. The maximum Gasteiger partial charge on any atom is 0.0975 e. The minimum atomic E-state index is 0.0791. The highest BCUT2D eigenvalue weighted by molar-refractivity contribution is 6.30. The third-order valence-corrected chi connectivity index (χ3v) is 3.42. The van der Waals surface area contributed by atoms with Crippen molar-refractivity contribution in [3.8, 4) is 0 Å². The summed E-state index contributed by atoms with van der Waals surface area (Å²) in [5.41, 5.74) is 1.33. The van der Waals surface area contributed by atoms with Crippen molar-refractivity contribution in [1.82, 2.24) is 5.32 Å². The van der Waals surface area contributed by atoms with Crippen LogP contribution in [0, 0.1) is 5.41 Å². The van der Waals surface area contributed by atoms with E-state index < -0.39 is 0 Å². The van der Waals surface area contributed by atoms with Gasteiger partial charge in [-0.25, -0.2) is 0 Å². The van der Waals surface area contributed by atoms with Crippen molar-refractivity contribution < 1.29 is 4.74 Å². The van der Waals surface area contributed by atoms with Gasteiger partial charge in [-0.1, -0.05) is 37.6 Å². The highest BCUT2D eigenvalue weighted by Gasteiger charge is 2.29. The molecule has 2 rings (SSSR count). The predicted molar refractivity (Wildman–Crippen MR) is 71.4 cm³/mol. The number of nitrogens with one attached hydrogen (secondary N) is 1. The molecule has 1 aliphatic rings. The fourth-order valence-electron chi connectivity index (χ4n) is 2.12. The van der Waals surface area contributed by atoms with E-state index in [1.54, 1.807) is 0 Å². The van der Waals surface area contributed by atoms with Gasteiger partial charge >= 0.3 is 0 Å². The Hall–Kier alpha value is -0.570. The Morgan fingerprint density at radius 3 is 2.88 bits per heavy atom. The van der Waals surface area contributed by atoms with E-state index in [0.29, 0.717) is 6.04 Å². The average molecular weight is 254 g/mol. The first-order chi connectivity index (χ1) is 7.98. The molecule has 1 fully saturated rings. The SMILES string of the molecule is CC1NCC(C)(C)COC1c1cccc(Cl)c1. The quantitative estimate of drug-likeness (QED) is 0.828. The molecule has 2 atom stereocenters. The van der Waals surface area contributed by atoms with Gasteiger partial charge in [-0.2, -0.15) is 0 Å². The van der Waals surface area contributed by atoms with Gasteiger partial charge in [0.05, 0.1) is 12.7 Å². The van der Waals surface area contributed by atoms with Crippen LogP contribution in [0.15, 0.2) is 24.3 Å². The zero-order chi connectivity index (χ0) is 12.5. The fraction of sp³-hybridized carbons (Fsp3) is 0.571. The van der Waals surface area contributed by atoms with Crippen molar-refractivity contribution in [2.75, 3.05) is 13.2 Å². The largest absolute Gasteiger partial charge is 0.371 e. The highest BCUT2D eigenvalue weighted by atomic mass is 35.5. The third kappa shape index (κ3) is 3.21. The number of hydrogen-bond donors (Lipinski definition) is 1. The molecular formula is C14H20ClNO. The van der Waals surface area contributed by atoms with Crippen LogP contribution in [-0.2, 0) is 4.74 Å². The van der Waals surface area contributed by atoms with E-state index in [1.165, 1.54) is 0 Å². The van der Waals surface area contributed by atoms with Crippen LogP contribution in [0.3, 0.4) is 0 Å². The molecule has 1 N–H and O–H groups in total. The summed E-state index contributed by atoms with van der Waals surface area (Å²) in [5, 5.41) is 4.30. The van der Waals surface area contributed by atoms with Crippen molar-refractivity contribution in [1.29, 1.82) is 0 Å². The molecule has 0 aliphatic carbocycles. The predicted octanol–water partition coefficient (Wildman–Crippen LogP) is 3.42. The van der Waals surface area contributed by atoms with Gasteiger partial charge < -0.3 is 10.1 Å². The van der Waals surface area contributed by atoms with E-state index in [2.05, 4.69) is 32.2 Å². The molecule has 0 saturated carbocycles. The number of hydrogen-bond acceptors (Lipinski definition) is 2. The second-order valence-corrected chi connectivity index (χ2v) is 6.06. The van der Waals surface area contributed by atoms with Crippen LogP contribution >= 0.6 is 11.6 Å². The maximum atomic E-state index is 6.05. The summed E-state index contributed by atoms with van der Waals surface area (Å²) >= 11 is 6.03. The molecule has 0 aromatic heterocycles. The summed E-state index contributed by atoms with van der Waals surface area (Å²) in [4.78, 5) is 0. The summed E-state index contributed by atoms with van der Waals surface area (Å²) in [6.07, 6.45) is 0.0791. The molecule has 2 nitrogen and oxygen atoms in total. The molecule has 1 aliphatic heterocycles. The minimum Gasteiger partial charge on any atom is -0.371 e. The van der Waals surface area contributed by atoms with Gasteiger partial charge in [0.1, 0.15) is 0 Å².